The number of aromatic nitrogens is 3. The molecule has 0 aliphatic heterocycles. The highest BCUT2D eigenvalue weighted by Crippen LogP contribution is 2.22. The van der Waals surface area contributed by atoms with E-state index in [9.17, 15) is 4.79 Å². The van der Waals surface area contributed by atoms with E-state index in [1.807, 2.05) is 6.07 Å². The fraction of sp³-hybridized carbons (Fsp3) is 0.300. The molecule has 0 radical (unpaired) electrons. The Morgan fingerprint density at radius 1 is 1.36 bits per heavy atom. The number of H-pyrrole nitrogens is 1. The molecule has 1 aliphatic rings. The first kappa shape index (κ1) is 7.67. The van der Waals surface area contributed by atoms with E-state index in [4.69, 9.17) is 0 Å². The standard InChI is InChI=1S/C10H9N3O/c14-9-3-1-2-8-7(9)4-6-5-11-13-10(6)12-8/h4-5H,1-3H2,(H,11,12,13). The number of carbonyl (C=O) groups excluding carboxylic acids is 1. The van der Waals surface area contributed by atoms with Gasteiger partial charge in [-0.05, 0) is 18.9 Å². The molecule has 0 spiro atoms. The molecule has 3 rings (SSSR count). The number of ketones is 1. The van der Waals surface area contributed by atoms with Crippen LogP contribution in [0.4, 0.5) is 0 Å². The van der Waals surface area contributed by atoms with E-state index in [1.54, 1.807) is 6.20 Å². The number of nitrogens with one attached hydrogen (secondary N) is 1. The molecule has 0 unspecified atom stereocenters. The molecule has 0 saturated heterocycles. The maximum atomic E-state index is 11.6. The second-order valence-corrected chi connectivity index (χ2v) is 3.57. The highest BCUT2D eigenvalue weighted by Gasteiger charge is 2.19. The molecule has 4 nitrogen and oxygen atoms in total. The normalized spacial score (nSPS) is 15.9. The van der Waals surface area contributed by atoms with Gasteiger partial charge in [-0.1, -0.05) is 0 Å². The molecule has 1 N–H and O–H groups in total. The molecular weight excluding hydrogens is 178 g/mol. The summed E-state index contributed by atoms with van der Waals surface area (Å²) in [6.45, 7) is 0. The first-order valence-electron chi connectivity index (χ1n) is 4.71. The second kappa shape index (κ2) is 2.64. The number of aromatic amines is 1. The summed E-state index contributed by atoms with van der Waals surface area (Å²) in [4.78, 5) is 16.0. The highest BCUT2D eigenvalue weighted by atomic mass is 16.1. The van der Waals surface area contributed by atoms with E-state index in [0.717, 1.165) is 35.1 Å². The third-order valence-corrected chi connectivity index (χ3v) is 2.62. The topological polar surface area (TPSA) is 58.6 Å². The Balaban J connectivity index is 2.32. The molecule has 0 amide bonds. The number of nitrogens with zero attached hydrogens (tertiary/aromatic N) is 2. The molecule has 2 heterocycles. The van der Waals surface area contributed by atoms with E-state index in [2.05, 4.69) is 15.2 Å². The predicted molar refractivity (Wildman–Crippen MR) is 51.2 cm³/mol. The number of hydrogen-bond acceptors (Lipinski definition) is 3. The number of pyridine rings is 1. The summed E-state index contributed by atoms with van der Waals surface area (Å²) in [5.74, 6) is 0.210. The van der Waals surface area contributed by atoms with Crippen molar-refractivity contribution in [3.63, 3.8) is 0 Å². The van der Waals surface area contributed by atoms with Crippen molar-refractivity contribution in [1.29, 1.82) is 0 Å². The van der Waals surface area contributed by atoms with E-state index in [1.165, 1.54) is 0 Å². The van der Waals surface area contributed by atoms with Crippen LogP contribution in [0.1, 0.15) is 28.9 Å². The molecule has 0 fully saturated rings. The molecule has 70 valence electrons. The molecule has 0 aromatic carbocycles. The lowest BCUT2D eigenvalue weighted by atomic mass is 9.94. The molecular formula is C10H9N3O. The first-order chi connectivity index (χ1) is 6.84. The maximum absolute atomic E-state index is 11.6. The molecule has 0 atom stereocenters. The monoisotopic (exact) mass is 187 g/mol. The zero-order valence-electron chi connectivity index (χ0n) is 7.58. The molecule has 2 aromatic rings. The minimum atomic E-state index is 0.210. The van der Waals surface area contributed by atoms with E-state index >= 15 is 0 Å². The molecule has 0 bridgehead atoms. The average Bonchev–Trinajstić information content (AvgIpc) is 2.62. The van der Waals surface area contributed by atoms with Crippen LogP contribution in [-0.4, -0.2) is 21.0 Å². The van der Waals surface area contributed by atoms with Crippen molar-refractivity contribution in [2.24, 2.45) is 0 Å². The first-order valence-corrected chi connectivity index (χ1v) is 4.71. The number of fused-ring (bicyclic) bond motifs is 2. The SMILES string of the molecule is O=C1CCCc2nc3[nH]ncc3cc21. The van der Waals surface area contributed by atoms with Crippen molar-refractivity contribution >= 4 is 16.8 Å². The average molecular weight is 187 g/mol. The maximum Gasteiger partial charge on any atom is 0.164 e. The van der Waals surface area contributed by atoms with Gasteiger partial charge in [0.25, 0.3) is 0 Å². The molecule has 14 heavy (non-hydrogen) atoms. The van der Waals surface area contributed by atoms with Crippen LogP contribution in [0.5, 0.6) is 0 Å². The number of carbonyl (C=O) groups is 1. The van der Waals surface area contributed by atoms with Gasteiger partial charge < -0.3 is 0 Å². The quantitative estimate of drug-likeness (QED) is 0.679. The lowest BCUT2D eigenvalue weighted by Crippen LogP contribution is -2.12. The van der Waals surface area contributed by atoms with Crippen LogP contribution in [-0.2, 0) is 6.42 Å². The van der Waals surface area contributed by atoms with Crippen LogP contribution in [0, 0.1) is 0 Å². The van der Waals surface area contributed by atoms with Crippen LogP contribution in [0.15, 0.2) is 12.3 Å². The van der Waals surface area contributed by atoms with Gasteiger partial charge in [0, 0.05) is 17.4 Å². The molecule has 2 aromatic heterocycles. The van der Waals surface area contributed by atoms with Gasteiger partial charge >= 0.3 is 0 Å². The van der Waals surface area contributed by atoms with Crippen molar-refractivity contribution in [1.82, 2.24) is 15.2 Å². The zero-order chi connectivity index (χ0) is 9.54. The Labute approximate surface area is 80.3 Å². The number of Topliss-reactive ketones (excluding diaryl/α,β-unsaturated/α-hetero) is 1. The number of aryl methyl sites for hydroxylation is 1. The van der Waals surface area contributed by atoms with Crippen molar-refractivity contribution in [2.75, 3.05) is 0 Å². The third kappa shape index (κ3) is 0.968. The van der Waals surface area contributed by atoms with Gasteiger partial charge in [-0.15, -0.1) is 0 Å². The van der Waals surface area contributed by atoms with Gasteiger partial charge in [0.1, 0.15) is 0 Å². The van der Waals surface area contributed by atoms with Gasteiger partial charge in [-0.2, -0.15) is 5.10 Å². The Bertz CT molecular complexity index is 515. The zero-order valence-corrected chi connectivity index (χ0v) is 7.58. The Hall–Kier alpha value is -1.71. The predicted octanol–water partition coefficient (Wildman–Crippen LogP) is 1.48. The smallest absolute Gasteiger partial charge is 0.164 e. The van der Waals surface area contributed by atoms with Gasteiger partial charge in [-0.25, -0.2) is 4.98 Å². The third-order valence-electron chi connectivity index (χ3n) is 2.62. The van der Waals surface area contributed by atoms with Gasteiger partial charge in [-0.3, -0.25) is 9.89 Å². The number of hydrogen-bond donors (Lipinski definition) is 1. The van der Waals surface area contributed by atoms with Gasteiger partial charge in [0.15, 0.2) is 11.4 Å². The summed E-state index contributed by atoms with van der Waals surface area (Å²) >= 11 is 0. The van der Waals surface area contributed by atoms with Crippen LogP contribution in [0.2, 0.25) is 0 Å². The summed E-state index contributed by atoms with van der Waals surface area (Å²) in [7, 11) is 0. The summed E-state index contributed by atoms with van der Waals surface area (Å²) in [5, 5.41) is 7.63. The van der Waals surface area contributed by atoms with Gasteiger partial charge in [0.05, 0.1) is 11.9 Å². The Kier molecular flexibility index (Phi) is 1.45. The van der Waals surface area contributed by atoms with E-state index in [0.29, 0.717) is 6.42 Å². The summed E-state index contributed by atoms with van der Waals surface area (Å²) in [6, 6.07) is 1.89. The van der Waals surface area contributed by atoms with E-state index < -0.39 is 0 Å². The molecule has 1 aliphatic carbocycles. The lowest BCUT2D eigenvalue weighted by Gasteiger charge is -2.12. The molecule has 4 heteroatoms. The minimum absolute atomic E-state index is 0.210. The van der Waals surface area contributed by atoms with Gasteiger partial charge in [0.2, 0.25) is 0 Å². The van der Waals surface area contributed by atoms with Crippen molar-refractivity contribution in [2.45, 2.75) is 19.3 Å². The van der Waals surface area contributed by atoms with Crippen LogP contribution >= 0.6 is 0 Å². The van der Waals surface area contributed by atoms with E-state index in [-0.39, 0.29) is 5.78 Å². The fourth-order valence-corrected chi connectivity index (χ4v) is 1.90. The second-order valence-electron chi connectivity index (χ2n) is 3.57. The largest absolute Gasteiger partial charge is 0.294 e. The number of rotatable bonds is 0. The molecule has 0 saturated carbocycles. The summed E-state index contributed by atoms with van der Waals surface area (Å²) in [6.07, 6.45) is 4.16. The lowest BCUT2D eigenvalue weighted by molar-refractivity contribution is 0.0972. The van der Waals surface area contributed by atoms with Crippen molar-refractivity contribution < 1.29 is 4.79 Å². The Morgan fingerprint density at radius 3 is 3.21 bits per heavy atom. The minimum Gasteiger partial charge on any atom is -0.294 e. The van der Waals surface area contributed by atoms with Crippen molar-refractivity contribution in [3.8, 4) is 0 Å². The highest BCUT2D eigenvalue weighted by molar-refractivity contribution is 6.00. The summed E-state index contributed by atoms with van der Waals surface area (Å²) in [5.41, 5.74) is 2.47. The Morgan fingerprint density at radius 2 is 2.29 bits per heavy atom. The van der Waals surface area contributed by atoms with Crippen LogP contribution in [0.25, 0.3) is 11.0 Å². The fourth-order valence-electron chi connectivity index (χ4n) is 1.90. The van der Waals surface area contributed by atoms with Crippen LogP contribution < -0.4 is 0 Å². The van der Waals surface area contributed by atoms with Crippen molar-refractivity contribution in [3.05, 3.63) is 23.5 Å². The van der Waals surface area contributed by atoms with Crippen LogP contribution in [0.3, 0.4) is 0 Å². The summed E-state index contributed by atoms with van der Waals surface area (Å²) < 4.78 is 0.